The molecule has 2 aromatic rings. The van der Waals surface area contributed by atoms with Crippen molar-refractivity contribution in [2.24, 2.45) is 0 Å². The lowest BCUT2D eigenvalue weighted by Gasteiger charge is -2.31. The first-order chi connectivity index (χ1) is 9.86. The number of ether oxygens (including phenoxy) is 1. The van der Waals surface area contributed by atoms with Gasteiger partial charge in [0.05, 0.1) is 19.3 Å². The normalized spacial score (nSPS) is 22.1. The molecule has 0 aromatic heterocycles. The van der Waals surface area contributed by atoms with Gasteiger partial charge in [-0.3, -0.25) is 0 Å². The molecule has 0 N–H and O–H groups in total. The van der Waals surface area contributed by atoms with Crippen molar-refractivity contribution in [2.75, 3.05) is 7.11 Å². The first kappa shape index (κ1) is 13.7. The van der Waals surface area contributed by atoms with E-state index in [-0.39, 0.29) is 12.2 Å². The smallest absolute Gasteiger partial charge is 0.497 e. The summed E-state index contributed by atoms with van der Waals surface area (Å²) in [6.07, 6.45) is 2.09. The van der Waals surface area contributed by atoms with Gasteiger partial charge in [0.2, 0.25) is 0 Å². The van der Waals surface area contributed by atoms with Crippen LogP contribution in [0.2, 0.25) is 0 Å². The zero-order valence-corrected chi connectivity index (χ0v) is 12.4. The summed E-state index contributed by atoms with van der Waals surface area (Å²) in [6.45, 7) is 0. The van der Waals surface area contributed by atoms with Crippen molar-refractivity contribution >= 4 is 15.9 Å². The molecule has 3 nitrogen and oxygen atoms in total. The van der Waals surface area contributed by atoms with E-state index in [9.17, 15) is 0 Å². The number of hydrogen-bond donors (Lipinski definition) is 0. The summed E-state index contributed by atoms with van der Waals surface area (Å²) in [4.78, 5) is 0. The summed E-state index contributed by atoms with van der Waals surface area (Å²) < 4.78 is 16.7. The third kappa shape index (κ3) is 3.05. The fraction of sp³-hybridized carbons (Fsp3) is 0.188. The lowest BCUT2D eigenvalue weighted by atomic mass is 9.99. The molecule has 2 aromatic carbocycles. The monoisotopic (exact) mass is 282 g/mol. The summed E-state index contributed by atoms with van der Waals surface area (Å²) in [5.74, 6) is 0.854. The highest BCUT2D eigenvalue weighted by Gasteiger charge is 2.27. The van der Waals surface area contributed by atoms with Crippen molar-refractivity contribution in [3.05, 3.63) is 72.1 Å². The standard InChI is InChI=1S/C16H15O3.Al/c1-19-14-9-7-13(8-10-14)16(18)11-15(17)12-5-3-2-4-6-12;/h2-11,15-16H,1H3;/q-2;+2. The van der Waals surface area contributed by atoms with E-state index in [0.29, 0.717) is 0 Å². The van der Waals surface area contributed by atoms with Crippen molar-refractivity contribution in [1.82, 2.24) is 0 Å². The molecule has 1 saturated heterocycles. The molecular weight excluding hydrogens is 267 g/mol. The van der Waals surface area contributed by atoms with Crippen LogP contribution in [0.1, 0.15) is 23.3 Å². The molecule has 0 spiro atoms. The van der Waals surface area contributed by atoms with Gasteiger partial charge in [-0.25, -0.2) is 0 Å². The van der Waals surface area contributed by atoms with Crippen LogP contribution in [0.5, 0.6) is 5.75 Å². The van der Waals surface area contributed by atoms with Crippen LogP contribution in [-0.2, 0) is 7.58 Å². The van der Waals surface area contributed by atoms with Gasteiger partial charge >= 0.3 is 15.9 Å². The lowest BCUT2D eigenvalue weighted by Crippen LogP contribution is -2.24. The molecule has 3 rings (SSSR count). The first-order valence-electron chi connectivity index (χ1n) is 6.53. The molecule has 1 aliphatic heterocycles. The molecule has 2 unspecified atom stereocenters. The molecule has 20 heavy (non-hydrogen) atoms. The second-order valence-electron chi connectivity index (χ2n) is 4.59. The van der Waals surface area contributed by atoms with Gasteiger partial charge in [-0.1, -0.05) is 42.5 Å². The Morgan fingerprint density at radius 1 is 0.850 bits per heavy atom. The number of rotatable bonds is 3. The van der Waals surface area contributed by atoms with Crippen molar-refractivity contribution < 1.29 is 12.3 Å². The minimum Gasteiger partial charge on any atom is -0.497 e. The molecular formula is C16H15AlO3. The van der Waals surface area contributed by atoms with E-state index in [0.717, 1.165) is 11.3 Å². The van der Waals surface area contributed by atoms with Gasteiger partial charge in [0, 0.05) is 6.42 Å². The summed E-state index contributed by atoms with van der Waals surface area (Å²) in [5.41, 5.74) is 2.30. The van der Waals surface area contributed by atoms with E-state index >= 15 is 0 Å². The third-order valence-corrected chi connectivity index (χ3v) is 4.14. The first-order valence-corrected chi connectivity index (χ1v) is 7.47. The van der Waals surface area contributed by atoms with Crippen LogP contribution in [0.3, 0.4) is 0 Å². The molecule has 0 saturated carbocycles. The van der Waals surface area contributed by atoms with Gasteiger partial charge in [-0.2, -0.15) is 0 Å². The van der Waals surface area contributed by atoms with Crippen LogP contribution in [0.25, 0.3) is 0 Å². The van der Waals surface area contributed by atoms with Gasteiger partial charge in [0.25, 0.3) is 0 Å². The predicted octanol–water partition coefficient (Wildman–Crippen LogP) is 3.26. The quantitative estimate of drug-likeness (QED) is 0.809. The maximum absolute atomic E-state index is 5.75. The molecule has 1 aliphatic rings. The highest BCUT2D eigenvalue weighted by molar-refractivity contribution is 6.18. The number of methoxy groups -OCH3 is 1. The SMILES string of the molecule is COc1ccc(C2[CH]C(c3ccccc3)[O][Al][O]2)cc1. The van der Waals surface area contributed by atoms with Crippen molar-refractivity contribution in [3.63, 3.8) is 0 Å². The van der Waals surface area contributed by atoms with Crippen LogP contribution in [0.4, 0.5) is 0 Å². The molecule has 2 radical (unpaired) electrons. The summed E-state index contributed by atoms with van der Waals surface area (Å²) >= 11 is -0.452. The molecule has 1 fully saturated rings. The van der Waals surface area contributed by atoms with Crippen LogP contribution in [0.15, 0.2) is 54.6 Å². The second-order valence-corrected chi connectivity index (χ2v) is 5.32. The highest BCUT2D eigenvalue weighted by atomic mass is 27.2. The summed E-state index contributed by atoms with van der Waals surface area (Å²) in [6, 6.07) is 18.2. The van der Waals surface area contributed by atoms with Gasteiger partial charge in [0.15, 0.2) is 0 Å². The van der Waals surface area contributed by atoms with Gasteiger partial charge in [-0.05, 0) is 23.3 Å². The minimum atomic E-state index is -0.452. The average molecular weight is 282 g/mol. The van der Waals surface area contributed by atoms with E-state index in [1.165, 1.54) is 5.56 Å². The Balaban J connectivity index is 1.74. The van der Waals surface area contributed by atoms with Crippen LogP contribution < -0.4 is 4.74 Å². The third-order valence-electron chi connectivity index (χ3n) is 3.33. The van der Waals surface area contributed by atoms with Gasteiger partial charge in [0.1, 0.15) is 5.75 Å². The fourth-order valence-electron chi connectivity index (χ4n) is 2.22. The highest BCUT2D eigenvalue weighted by Crippen LogP contribution is 2.34. The Bertz CT molecular complexity index is 541. The summed E-state index contributed by atoms with van der Waals surface area (Å²) in [7, 11) is 1.67. The zero-order chi connectivity index (χ0) is 13.8. The van der Waals surface area contributed by atoms with Crippen molar-refractivity contribution in [2.45, 2.75) is 12.2 Å². The maximum Gasteiger partial charge on any atom is 0.669 e. The topological polar surface area (TPSA) is 27.7 Å². The Morgan fingerprint density at radius 3 is 2.05 bits per heavy atom. The lowest BCUT2D eigenvalue weighted by molar-refractivity contribution is 0.0818. The molecule has 4 heteroatoms. The largest absolute Gasteiger partial charge is 0.669 e. The number of hydrogen-bond acceptors (Lipinski definition) is 3. The van der Waals surface area contributed by atoms with E-state index < -0.39 is 15.9 Å². The zero-order valence-electron chi connectivity index (χ0n) is 11.2. The Labute approximate surface area is 125 Å². The minimum absolute atomic E-state index is 0.00653. The van der Waals surface area contributed by atoms with Gasteiger partial charge < -0.3 is 12.3 Å². The fourth-order valence-corrected chi connectivity index (χ4v) is 3.02. The van der Waals surface area contributed by atoms with Crippen LogP contribution >= 0.6 is 0 Å². The van der Waals surface area contributed by atoms with E-state index in [2.05, 4.69) is 18.6 Å². The van der Waals surface area contributed by atoms with Crippen LogP contribution in [-0.4, -0.2) is 23.0 Å². The Hall–Kier alpha value is -1.31. The van der Waals surface area contributed by atoms with E-state index in [1.807, 2.05) is 42.5 Å². The molecule has 0 aliphatic carbocycles. The van der Waals surface area contributed by atoms with Crippen LogP contribution in [0, 0.1) is 6.42 Å². The average Bonchev–Trinajstić information content (AvgIpc) is 2.56. The molecule has 2 atom stereocenters. The molecule has 1 heterocycles. The Morgan fingerprint density at radius 2 is 1.45 bits per heavy atom. The number of benzene rings is 2. The van der Waals surface area contributed by atoms with Gasteiger partial charge in [-0.15, -0.1) is 0 Å². The predicted molar refractivity (Wildman–Crippen MR) is 77.1 cm³/mol. The van der Waals surface area contributed by atoms with E-state index in [4.69, 9.17) is 12.3 Å². The molecule has 0 bridgehead atoms. The van der Waals surface area contributed by atoms with Crippen molar-refractivity contribution in [3.8, 4) is 5.75 Å². The summed E-state index contributed by atoms with van der Waals surface area (Å²) in [5, 5.41) is 0. The molecule has 0 amide bonds. The van der Waals surface area contributed by atoms with Crippen molar-refractivity contribution in [1.29, 1.82) is 0 Å². The maximum atomic E-state index is 5.75. The second kappa shape index (κ2) is 6.43. The van der Waals surface area contributed by atoms with E-state index in [1.54, 1.807) is 7.11 Å². The molecule has 100 valence electrons. The Kier molecular flexibility index (Phi) is 4.39.